The monoisotopic (exact) mass is 265 g/mol. The molecule has 0 aromatic carbocycles. The molecule has 0 saturated carbocycles. The summed E-state index contributed by atoms with van der Waals surface area (Å²) in [6, 6.07) is 0. The maximum absolute atomic E-state index is 12.1. The van der Waals surface area contributed by atoms with Gasteiger partial charge in [-0.3, -0.25) is 0 Å². The molecule has 0 aliphatic heterocycles. The predicted octanol–water partition coefficient (Wildman–Crippen LogP) is 2.17. The Kier molecular flexibility index (Phi) is 4.00. The van der Waals surface area contributed by atoms with E-state index in [0.29, 0.717) is 0 Å². The molecule has 1 heterocycles. The van der Waals surface area contributed by atoms with Crippen molar-refractivity contribution in [3.8, 4) is 11.6 Å². The molecule has 5 nitrogen and oxygen atoms in total. The highest BCUT2D eigenvalue weighted by atomic mass is 19.4. The molecule has 1 N–H and O–H groups in total. The summed E-state index contributed by atoms with van der Waals surface area (Å²) < 4.78 is 44.6. The Bertz CT molecular complexity index is 459. The van der Waals surface area contributed by atoms with Crippen molar-refractivity contribution in [3.05, 3.63) is 17.3 Å². The number of alkyl halides is 3. The number of carbonyl (C=O) groups is 1. The van der Waals surface area contributed by atoms with E-state index in [1.54, 1.807) is 0 Å². The minimum atomic E-state index is -4.99. The van der Waals surface area contributed by atoms with Crippen LogP contribution in [-0.4, -0.2) is 29.0 Å². The largest absolute Gasteiger partial charge is 0.574 e. The van der Waals surface area contributed by atoms with Gasteiger partial charge in [-0.15, -0.1) is 13.2 Å². The molecule has 0 bridgehead atoms. The number of hydrogen-bond acceptors (Lipinski definition) is 5. The van der Waals surface area contributed by atoms with Crippen LogP contribution in [0.15, 0.2) is 6.20 Å². The molecule has 18 heavy (non-hydrogen) atoms. The minimum absolute atomic E-state index is 0.0284. The molecule has 100 valence electrons. The van der Waals surface area contributed by atoms with Crippen LogP contribution in [0.25, 0.3) is 0 Å². The number of nitrogens with zero attached hydrogens (tertiary/aromatic N) is 1. The van der Waals surface area contributed by atoms with Crippen molar-refractivity contribution >= 4 is 5.97 Å². The fourth-order valence-corrected chi connectivity index (χ4v) is 1.20. The number of rotatable bonds is 3. The number of hydrogen-bond donors (Lipinski definition) is 1. The third-order valence-electron chi connectivity index (χ3n) is 1.97. The van der Waals surface area contributed by atoms with Crippen LogP contribution in [0.2, 0.25) is 0 Å². The Hall–Kier alpha value is -1.99. The quantitative estimate of drug-likeness (QED) is 0.848. The molecule has 1 aromatic rings. The van der Waals surface area contributed by atoms with Crippen LogP contribution in [-0.2, 0) is 4.74 Å². The van der Waals surface area contributed by atoms with Crippen molar-refractivity contribution in [2.75, 3.05) is 6.61 Å². The SMILES string of the molecule is CCOC(=O)c1c(OC(F)(F)F)ncc(O)c1C. The highest BCUT2D eigenvalue weighted by Crippen LogP contribution is 2.30. The lowest BCUT2D eigenvalue weighted by Gasteiger charge is -2.13. The highest BCUT2D eigenvalue weighted by Gasteiger charge is 2.35. The van der Waals surface area contributed by atoms with Crippen LogP contribution >= 0.6 is 0 Å². The molecule has 8 heteroatoms. The van der Waals surface area contributed by atoms with Crippen LogP contribution in [0.1, 0.15) is 22.8 Å². The Morgan fingerprint density at radius 3 is 2.61 bits per heavy atom. The van der Waals surface area contributed by atoms with Gasteiger partial charge in [0, 0.05) is 5.56 Å². The van der Waals surface area contributed by atoms with Crippen LogP contribution in [0, 0.1) is 6.92 Å². The van der Waals surface area contributed by atoms with Gasteiger partial charge in [0.1, 0.15) is 11.3 Å². The average Bonchev–Trinajstić information content (AvgIpc) is 2.22. The average molecular weight is 265 g/mol. The Morgan fingerprint density at radius 1 is 1.50 bits per heavy atom. The molecule has 0 amide bonds. The van der Waals surface area contributed by atoms with Crippen LogP contribution in [0.5, 0.6) is 11.6 Å². The van der Waals surface area contributed by atoms with E-state index in [1.807, 2.05) is 0 Å². The van der Waals surface area contributed by atoms with Crippen molar-refractivity contribution in [1.29, 1.82) is 0 Å². The molecule has 1 rings (SSSR count). The fourth-order valence-electron chi connectivity index (χ4n) is 1.20. The number of carbonyl (C=O) groups excluding carboxylic acids is 1. The van der Waals surface area contributed by atoms with Gasteiger partial charge >= 0.3 is 12.3 Å². The lowest BCUT2D eigenvalue weighted by molar-refractivity contribution is -0.276. The van der Waals surface area contributed by atoms with E-state index in [9.17, 15) is 23.1 Å². The van der Waals surface area contributed by atoms with Gasteiger partial charge in [0.2, 0.25) is 5.88 Å². The van der Waals surface area contributed by atoms with E-state index in [-0.39, 0.29) is 12.2 Å². The van der Waals surface area contributed by atoms with Crippen LogP contribution in [0.4, 0.5) is 13.2 Å². The second-order valence-electron chi connectivity index (χ2n) is 3.22. The summed E-state index contributed by atoms with van der Waals surface area (Å²) in [4.78, 5) is 14.7. The third-order valence-corrected chi connectivity index (χ3v) is 1.97. The molecule has 0 fully saturated rings. The molecule has 1 aromatic heterocycles. The van der Waals surface area contributed by atoms with E-state index >= 15 is 0 Å². The predicted molar refractivity (Wildman–Crippen MR) is 53.3 cm³/mol. The summed E-state index contributed by atoms with van der Waals surface area (Å²) in [5.74, 6) is -2.42. The molecule has 0 saturated heterocycles. The second-order valence-corrected chi connectivity index (χ2v) is 3.22. The van der Waals surface area contributed by atoms with Crippen LogP contribution in [0.3, 0.4) is 0 Å². The molecule has 0 unspecified atom stereocenters. The number of pyridine rings is 1. The number of aromatic nitrogens is 1. The van der Waals surface area contributed by atoms with E-state index in [0.717, 1.165) is 6.20 Å². The smallest absolute Gasteiger partial charge is 0.506 e. The number of aromatic hydroxyl groups is 1. The lowest BCUT2D eigenvalue weighted by Crippen LogP contribution is -2.21. The maximum Gasteiger partial charge on any atom is 0.574 e. The summed E-state index contributed by atoms with van der Waals surface area (Å²) in [6.07, 6.45) is -4.23. The maximum atomic E-state index is 12.1. The van der Waals surface area contributed by atoms with Crippen molar-refractivity contribution in [1.82, 2.24) is 4.98 Å². The first-order valence-electron chi connectivity index (χ1n) is 4.87. The van der Waals surface area contributed by atoms with Gasteiger partial charge in [0.15, 0.2) is 0 Å². The zero-order valence-corrected chi connectivity index (χ0v) is 9.54. The number of ether oxygens (including phenoxy) is 2. The normalized spacial score (nSPS) is 11.2. The Morgan fingerprint density at radius 2 is 2.11 bits per heavy atom. The summed E-state index contributed by atoms with van der Waals surface area (Å²) in [6.45, 7) is 2.72. The first-order valence-corrected chi connectivity index (χ1v) is 4.87. The van der Waals surface area contributed by atoms with Crippen molar-refractivity contribution < 1.29 is 32.5 Å². The molecule has 0 aliphatic rings. The lowest BCUT2D eigenvalue weighted by atomic mass is 10.1. The summed E-state index contributed by atoms with van der Waals surface area (Å²) in [5.41, 5.74) is -0.642. The summed E-state index contributed by atoms with van der Waals surface area (Å²) in [7, 11) is 0. The Balaban J connectivity index is 3.25. The van der Waals surface area contributed by atoms with Gasteiger partial charge < -0.3 is 14.6 Å². The van der Waals surface area contributed by atoms with Crippen molar-refractivity contribution in [2.24, 2.45) is 0 Å². The minimum Gasteiger partial charge on any atom is -0.506 e. The molecule has 0 atom stereocenters. The molecule has 0 aliphatic carbocycles. The molecular formula is C10H10F3NO4. The number of halogens is 3. The number of esters is 1. The fraction of sp³-hybridized carbons (Fsp3) is 0.400. The van der Waals surface area contributed by atoms with Gasteiger partial charge in [-0.1, -0.05) is 0 Å². The first-order chi connectivity index (χ1) is 8.26. The Labute approximate surface area is 100 Å². The molecular weight excluding hydrogens is 255 g/mol. The zero-order chi connectivity index (χ0) is 13.9. The van der Waals surface area contributed by atoms with Gasteiger partial charge in [-0.2, -0.15) is 0 Å². The van der Waals surface area contributed by atoms with E-state index in [2.05, 4.69) is 14.5 Å². The summed E-state index contributed by atoms with van der Waals surface area (Å²) >= 11 is 0. The van der Waals surface area contributed by atoms with Crippen molar-refractivity contribution in [3.63, 3.8) is 0 Å². The van der Waals surface area contributed by atoms with Gasteiger partial charge in [0.05, 0.1) is 12.8 Å². The second kappa shape index (κ2) is 5.11. The van der Waals surface area contributed by atoms with Crippen molar-refractivity contribution in [2.45, 2.75) is 20.2 Å². The highest BCUT2D eigenvalue weighted by molar-refractivity contribution is 5.94. The standard InChI is InChI=1S/C10H10F3NO4/c1-3-17-9(16)7-5(2)6(15)4-14-8(7)18-10(11,12)13/h4,15H,3H2,1-2H3. The van der Waals surface area contributed by atoms with Gasteiger partial charge in [-0.25, -0.2) is 9.78 Å². The van der Waals surface area contributed by atoms with E-state index in [4.69, 9.17) is 0 Å². The third kappa shape index (κ3) is 3.25. The van der Waals surface area contributed by atoms with Crippen LogP contribution < -0.4 is 4.74 Å². The van der Waals surface area contributed by atoms with E-state index in [1.165, 1.54) is 13.8 Å². The zero-order valence-electron chi connectivity index (χ0n) is 9.54. The van der Waals surface area contributed by atoms with Gasteiger partial charge in [0.25, 0.3) is 0 Å². The topological polar surface area (TPSA) is 68.7 Å². The first kappa shape index (κ1) is 14.1. The molecule has 0 spiro atoms. The van der Waals surface area contributed by atoms with E-state index < -0.39 is 29.5 Å². The summed E-state index contributed by atoms with van der Waals surface area (Å²) in [5, 5.41) is 9.33. The molecule has 0 radical (unpaired) electrons. The van der Waals surface area contributed by atoms with Gasteiger partial charge in [-0.05, 0) is 13.8 Å².